The molecule has 1 aromatic carbocycles. The van der Waals surface area contributed by atoms with Crippen LogP contribution in [0.3, 0.4) is 0 Å². The molecule has 1 aromatic rings. The molecule has 0 unspecified atom stereocenters. The van der Waals surface area contributed by atoms with Crippen molar-refractivity contribution in [1.29, 1.82) is 0 Å². The van der Waals surface area contributed by atoms with Crippen molar-refractivity contribution in [3.05, 3.63) is 29.6 Å². The van der Waals surface area contributed by atoms with E-state index in [4.69, 9.17) is 4.74 Å². The van der Waals surface area contributed by atoms with Gasteiger partial charge in [0.2, 0.25) is 0 Å². The molecule has 0 aromatic heterocycles. The molecule has 1 aliphatic heterocycles. The molecule has 0 bridgehead atoms. The molecule has 1 fully saturated rings. The summed E-state index contributed by atoms with van der Waals surface area (Å²) in [5, 5.41) is 12.5. The van der Waals surface area contributed by atoms with Gasteiger partial charge in [-0.3, -0.25) is 4.90 Å². The highest BCUT2D eigenvalue weighted by molar-refractivity contribution is 5.28. The second-order valence-corrected chi connectivity index (χ2v) is 4.80. The molecule has 0 saturated carbocycles. The minimum absolute atomic E-state index is 0.0230. The van der Waals surface area contributed by atoms with Crippen molar-refractivity contribution in [2.24, 2.45) is 0 Å². The third-order valence-corrected chi connectivity index (χ3v) is 3.20. The lowest BCUT2D eigenvalue weighted by Crippen LogP contribution is -2.37. The van der Waals surface area contributed by atoms with Crippen molar-refractivity contribution in [2.75, 3.05) is 39.4 Å². The molecule has 0 spiro atoms. The number of benzene rings is 1. The fourth-order valence-electron chi connectivity index (χ4n) is 2.22. The first-order valence-corrected chi connectivity index (χ1v) is 6.73. The predicted molar refractivity (Wildman–Crippen MR) is 71.6 cm³/mol. The molecular formula is C14H21FN2O2. The number of aromatic hydroxyl groups is 1. The summed E-state index contributed by atoms with van der Waals surface area (Å²) in [6, 6.07) is 4.13. The zero-order valence-corrected chi connectivity index (χ0v) is 11.1. The minimum atomic E-state index is -0.398. The Hall–Kier alpha value is -1.17. The van der Waals surface area contributed by atoms with Crippen molar-refractivity contribution in [3.63, 3.8) is 0 Å². The van der Waals surface area contributed by atoms with E-state index >= 15 is 0 Å². The Morgan fingerprint density at radius 2 is 2.05 bits per heavy atom. The molecule has 19 heavy (non-hydrogen) atoms. The number of ether oxygens (including phenoxy) is 1. The number of rotatable bonds is 6. The van der Waals surface area contributed by atoms with Gasteiger partial charge in [0.15, 0.2) is 0 Å². The summed E-state index contributed by atoms with van der Waals surface area (Å²) in [6.45, 7) is 6.20. The van der Waals surface area contributed by atoms with Gasteiger partial charge in [-0.2, -0.15) is 0 Å². The number of nitrogens with zero attached hydrogens (tertiary/aromatic N) is 1. The molecule has 2 rings (SSSR count). The van der Waals surface area contributed by atoms with Crippen molar-refractivity contribution in [2.45, 2.75) is 13.0 Å². The van der Waals surface area contributed by atoms with E-state index in [1.54, 1.807) is 6.07 Å². The quantitative estimate of drug-likeness (QED) is 0.764. The maximum absolute atomic E-state index is 13.0. The topological polar surface area (TPSA) is 44.7 Å². The van der Waals surface area contributed by atoms with Crippen LogP contribution in [0.4, 0.5) is 4.39 Å². The lowest BCUT2D eigenvalue weighted by Gasteiger charge is -2.26. The molecule has 1 saturated heterocycles. The zero-order valence-electron chi connectivity index (χ0n) is 11.1. The van der Waals surface area contributed by atoms with Gasteiger partial charge in [-0.25, -0.2) is 4.39 Å². The van der Waals surface area contributed by atoms with E-state index in [1.165, 1.54) is 6.07 Å². The number of hydrogen-bond donors (Lipinski definition) is 2. The van der Waals surface area contributed by atoms with Crippen LogP contribution in [0.1, 0.15) is 12.0 Å². The normalized spacial score (nSPS) is 16.7. The Morgan fingerprint density at radius 3 is 2.79 bits per heavy atom. The Labute approximate surface area is 113 Å². The van der Waals surface area contributed by atoms with Crippen LogP contribution in [-0.2, 0) is 11.3 Å². The summed E-state index contributed by atoms with van der Waals surface area (Å²) in [5.74, 6) is -0.421. The Morgan fingerprint density at radius 1 is 1.26 bits per heavy atom. The van der Waals surface area contributed by atoms with Crippen LogP contribution in [0.2, 0.25) is 0 Å². The molecule has 1 aliphatic rings. The van der Waals surface area contributed by atoms with Gasteiger partial charge in [-0.1, -0.05) is 0 Å². The third-order valence-electron chi connectivity index (χ3n) is 3.20. The van der Waals surface area contributed by atoms with E-state index in [0.717, 1.165) is 57.4 Å². The van der Waals surface area contributed by atoms with Crippen molar-refractivity contribution < 1.29 is 14.2 Å². The van der Waals surface area contributed by atoms with Gasteiger partial charge in [0.05, 0.1) is 13.2 Å². The highest BCUT2D eigenvalue weighted by Crippen LogP contribution is 2.14. The van der Waals surface area contributed by atoms with E-state index in [9.17, 15) is 9.50 Å². The number of phenolic OH excluding ortho intramolecular Hbond substituents is 1. The van der Waals surface area contributed by atoms with Gasteiger partial charge in [0, 0.05) is 25.7 Å². The van der Waals surface area contributed by atoms with Gasteiger partial charge >= 0.3 is 0 Å². The van der Waals surface area contributed by atoms with E-state index in [-0.39, 0.29) is 5.75 Å². The molecule has 0 atom stereocenters. The summed E-state index contributed by atoms with van der Waals surface area (Å²) >= 11 is 0. The van der Waals surface area contributed by atoms with E-state index < -0.39 is 5.82 Å². The number of hydrogen-bond acceptors (Lipinski definition) is 4. The smallest absolute Gasteiger partial charge is 0.127 e. The second-order valence-electron chi connectivity index (χ2n) is 4.80. The maximum atomic E-state index is 13.0. The summed E-state index contributed by atoms with van der Waals surface area (Å²) in [4.78, 5) is 2.39. The van der Waals surface area contributed by atoms with Gasteiger partial charge < -0.3 is 15.2 Å². The number of morpholine rings is 1. The van der Waals surface area contributed by atoms with Crippen molar-refractivity contribution in [3.8, 4) is 5.75 Å². The molecule has 4 nitrogen and oxygen atoms in total. The molecular weight excluding hydrogens is 247 g/mol. The van der Waals surface area contributed by atoms with Crippen LogP contribution in [-0.4, -0.2) is 49.4 Å². The van der Waals surface area contributed by atoms with E-state index in [0.29, 0.717) is 6.54 Å². The monoisotopic (exact) mass is 268 g/mol. The van der Waals surface area contributed by atoms with Crippen LogP contribution < -0.4 is 5.32 Å². The number of nitrogens with one attached hydrogen (secondary N) is 1. The fraction of sp³-hybridized carbons (Fsp3) is 0.571. The Bertz CT molecular complexity index is 375. The van der Waals surface area contributed by atoms with Crippen LogP contribution in [0.5, 0.6) is 5.75 Å². The first-order chi connectivity index (χ1) is 9.24. The molecule has 0 amide bonds. The summed E-state index contributed by atoms with van der Waals surface area (Å²) in [5.41, 5.74) is 0.767. The standard InChI is InChI=1S/C14H21FN2O2/c15-13-8-12(9-14(18)10-13)11-16-2-1-3-17-4-6-19-7-5-17/h8-10,16,18H,1-7,11H2. The SMILES string of the molecule is Oc1cc(F)cc(CNCCCN2CCOCC2)c1. The lowest BCUT2D eigenvalue weighted by atomic mass is 10.2. The van der Waals surface area contributed by atoms with Gasteiger partial charge in [-0.05, 0) is 37.2 Å². The molecule has 1 heterocycles. The average molecular weight is 268 g/mol. The largest absolute Gasteiger partial charge is 0.508 e. The van der Waals surface area contributed by atoms with Crippen LogP contribution in [0, 0.1) is 5.82 Å². The molecule has 2 N–H and O–H groups in total. The van der Waals surface area contributed by atoms with E-state index in [1.807, 2.05) is 0 Å². The number of phenols is 1. The maximum Gasteiger partial charge on any atom is 0.127 e. The van der Waals surface area contributed by atoms with Crippen molar-refractivity contribution >= 4 is 0 Å². The minimum Gasteiger partial charge on any atom is -0.508 e. The first-order valence-electron chi connectivity index (χ1n) is 6.73. The number of halogens is 1. The van der Waals surface area contributed by atoms with Gasteiger partial charge in [-0.15, -0.1) is 0 Å². The van der Waals surface area contributed by atoms with Crippen molar-refractivity contribution in [1.82, 2.24) is 10.2 Å². The Balaban J connectivity index is 1.60. The third kappa shape index (κ3) is 5.14. The first kappa shape index (κ1) is 14.2. The summed E-state index contributed by atoms with van der Waals surface area (Å²) < 4.78 is 18.3. The molecule has 0 radical (unpaired) electrons. The van der Waals surface area contributed by atoms with Crippen LogP contribution in [0.25, 0.3) is 0 Å². The van der Waals surface area contributed by atoms with Gasteiger partial charge in [0.1, 0.15) is 11.6 Å². The highest BCUT2D eigenvalue weighted by atomic mass is 19.1. The van der Waals surface area contributed by atoms with E-state index in [2.05, 4.69) is 10.2 Å². The molecule has 5 heteroatoms. The van der Waals surface area contributed by atoms with Crippen LogP contribution >= 0.6 is 0 Å². The molecule has 106 valence electrons. The highest BCUT2D eigenvalue weighted by Gasteiger charge is 2.08. The zero-order chi connectivity index (χ0) is 13.5. The Kier molecular flexibility index (Phi) is 5.57. The predicted octanol–water partition coefficient (Wildman–Crippen LogP) is 1.34. The average Bonchev–Trinajstić information content (AvgIpc) is 2.38. The molecule has 0 aliphatic carbocycles. The summed E-state index contributed by atoms with van der Waals surface area (Å²) in [6.07, 6.45) is 1.06. The van der Waals surface area contributed by atoms with Gasteiger partial charge in [0.25, 0.3) is 0 Å². The van der Waals surface area contributed by atoms with Crippen LogP contribution in [0.15, 0.2) is 18.2 Å². The fourth-order valence-corrected chi connectivity index (χ4v) is 2.22. The lowest BCUT2D eigenvalue weighted by molar-refractivity contribution is 0.0374. The summed E-state index contributed by atoms with van der Waals surface area (Å²) in [7, 11) is 0. The second kappa shape index (κ2) is 7.43.